The fraction of sp³-hybridized carbons (Fsp3) is 0.417. The molecule has 1 aromatic carbocycles. The summed E-state index contributed by atoms with van der Waals surface area (Å²) in [7, 11) is 0. The monoisotopic (exact) mass is 332 g/mol. The molecule has 1 nitrogen and oxygen atoms in total. The van der Waals surface area contributed by atoms with Gasteiger partial charge in [-0.25, -0.2) is 0 Å². The number of rotatable bonds is 5. The summed E-state index contributed by atoms with van der Waals surface area (Å²) in [5.41, 5.74) is 0.774. The summed E-state index contributed by atoms with van der Waals surface area (Å²) in [6, 6.07) is 7.50. The third kappa shape index (κ3) is 4.07. The molecule has 15 heavy (non-hydrogen) atoms. The summed E-state index contributed by atoms with van der Waals surface area (Å²) in [6.07, 6.45) is 3.11. The first-order valence-corrected chi connectivity index (χ1v) is 6.80. The van der Waals surface area contributed by atoms with Gasteiger partial charge < -0.3 is 0 Å². The van der Waals surface area contributed by atoms with Gasteiger partial charge in [0.2, 0.25) is 0 Å². The van der Waals surface area contributed by atoms with Gasteiger partial charge in [-0.05, 0) is 18.6 Å². The molecule has 0 fully saturated rings. The van der Waals surface area contributed by atoms with Crippen molar-refractivity contribution in [3.8, 4) is 0 Å². The highest BCUT2D eigenvalue weighted by Gasteiger charge is 2.15. The van der Waals surface area contributed by atoms with E-state index in [2.05, 4.69) is 38.8 Å². The summed E-state index contributed by atoms with van der Waals surface area (Å²) in [4.78, 5) is 11.9. The molecule has 0 aliphatic carbocycles. The summed E-state index contributed by atoms with van der Waals surface area (Å²) in [5, 5.41) is 0. The third-order valence-electron chi connectivity index (χ3n) is 2.22. The van der Waals surface area contributed by atoms with Gasteiger partial charge in [-0.3, -0.25) is 4.79 Å². The molecule has 1 atom stereocenters. The van der Waals surface area contributed by atoms with Crippen molar-refractivity contribution in [3.05, 3.63) is 34.3 Å². The van der Waals surface area contributed by atoms with Crippen molar-refractivity contribution in [2.45, 2.75) is 31.0 Å². The van der Waals surface area contributed by atoms with Crippen molar-refractivity contribution in [3.63, 3.8) is 0 Å². The van der Waals surface area contributed by atoms with Crippen molar-refractivity contribution in [1.82, 2.24) is 0 Å². The SMILES string of the molecule is CCCCC(Br)C(=O)c1ccc(Br)cc1. The minimum atomic E-state index is -0.0429. The molecule has 0 aromatic heterocycles. The Morgan fingerprint density at radius 2 is 1.93 bits per heavy atom. The molecule has 1 unspecified atom stereocenters. The molecule has 0 saturated carbocycles. The molecule has 1 aromatic rings. The quantitative estimate of drug-likeness (QED) is 0.569. The number of carbonyl (C=O) groups excluding carboxylic acids is 1. The standard InChI is InChI=1S/C12H14Br2O/c1-2-3-4-11(14)12(15)9-5-7-10(13)8-6-9/h5-8,11H,2-4H2,1H3. The molecular weight excluding hydrogens is 320 g/mol. The van der Waals surface area contributed by atoms with Crippen LogP contribution >= 0.6 is 31.9 Å². The predicted octanol–water partition coefficient (Wildman–Crippen LogP) is 4.59. The van der Waals surface area contributed by atoms with Crippen LogP contribution in [-0.4, -0.2) is 10.6 Å². The number of hydrogen-bond acceptors (Lipinski definition) is 1. The van der Waals surface area contributed by atoms with Crippen LogP contribution in [0.25, 0.3) is 0 Å². The molecule has 0 N–H and O–H groups in total. The van der Waals surface area contributed by atoms with Crippen LogP contribution in [0.1, 0.15) is 36.5 Å². The molecule has 0 saturated heterocycles. The molecule has 1 rings (SSSR count). The van der Waals surface area contributed by atoms with Gasteiger partial charge in [-0.15, -0.1) is 0 Å². The van der Waals surface area contributed by atoms with E-state index in [4.69, 9.17) is 0 Å². The van der Waals surface area contributed by atoms with Gasteiger partial charge >= 0.3 is 0 Å². The largest absolute Gasteiger partial charge is 0.293 e. The number of alkyl halides is 1. The smallest absolute Gasteiger partial charge is 0.176 e. The number of Topliss-reactive ketones (excluding diaryl/α,β-unsaturated/α-hetero) is 1. The average molecular weight is 334 g/mol. The van der Waals surface area contributed by atoms with Gasteiger partial charge in [0.1, 0.15) is 0 Å². The summed E-state index contributed by atoms with van der Waals surface area (Å²) >= 11 is 6.79. The fourth-order valence-corrected chi connectivity index (χ4v) is 2.16. The predicted molar refractivity (Wildman–Crippen MR) is 70.7 cm³/mol. The number of unbranched alkanes of at least 4 members (excludes halogenated alkanes) is 1. The van der Waals surface area contributed by atoms with Crippen LogP contribution in [0.2, 0.25) is 0 Å². The Hall–Kier alpha value is -0.150. The Labute approximate surface area is 108 Å². The van der Waals surface area contributed by atoms with E-state index in [1.54, 1.807) is 0 Å². The van der Waals surface area contributed by atoms with Crippen molar-refractivity contribution in [2.75, 3.05) is 0 Å². The molecule has 3 heteroatoms. The Morgan fingerprint density at radius 1 is 1.33 bits per heavy atom. The number of benzene rings is 1. The zero-order chi connectivity index (χ0) is 11.3. The lowest BCUT2D eigenvalue weighted by molar-refractivity contribution is 0.0988. The molecule has 82 valence electrons. The second-order valence-corrected chi connectivity index (χ2v) is 5.50. The molecule has 0 spiro atoms. The zero-order valence-corrected chi connectivity index (χ0v) is 11.8. The highest BCUT2D eigenvalue weighted by molar-refractivity contribution is 9.10. The van der Waals surface area contributed by atoms with Crippen molar-refractivity contribution in [1.29, 1.82) is 0 Å². The highest BCUT2D eigenvalue weighted by atomic mass is 79.9. The Balaban J connectivity index is 2.63. The maximum atomic E-state index is 11.9. The van der Waals surface area contributed by atoms with E-state index in [0.29, 0.717) is 0 Å². The molecule has 0 aliphatic rings. The maximum absolute atomic E-state index is 11.9. The average Bonchev–Trinajstić information content (AvgIpc) is 2.26. The number of hydrogen-bond donors (Lipinski definition) is 0. The first-order valence-electron chi connectivity index (χ1n) is 5.09. The molecule has 0 heterocycles. The van der Waals surface area contributed by atoms with Crippen LogP contribution in [0.15, 0.2) is 28.7 Å². The summed E-state index contributed by atoms with van der Waals surface area (Å²) < 4.78 is 0.999. The summed E-state index contributed by atoms with van der Waals surface area (Å²) in [5.74, 6) is 0.177. The van der Waals surface area contributed by atoms with Gasteiger partial charge in [0.15, 0.2) is 5.78 Å². The summed E-state index contributed by atoms with van der Waals surface area (Å²) in [6.45, 7) is 2.13. The first-order chi connectivity index (χ1) is 7.15. The van der Waals surface area contributed by atoms with Crippen LogP contribution in [0.3, 0.4) is 0 Å². The maximum Gasteiger partial charge on any atom is 0.176 e. The minimum Gasteiger partial charge on any atom is -0.293 e. The van der Waals surface area contributed by atoms with Gasteiger partial charge in [0, 0.05) is 10.0 Å². The van der Waals surface area contributed by atoms with E-state index in [1.165, 1.54) is 0 Å². The van der Waals surface area contributed by atoms with Crippen LogP contribution in [0.4, 0.5) is 0 Å². The molecule has 0 aliphatic heterocycles. The van der Waals surface area contributed by atoms with Crippen LogP contribution in [0.5, 0.6) is 0 Å². The van der Waals surface area contributed by atoms with E-state index in [1.807, 2.05) is 24.3 Å². The van der Waals surface area contributed by atoms with Gasteiger partial charge in [0.05, 0.1) is 4.83 Å². The topological polar surface area (TPSA) is 17.1 Å². The van der Waals surface area contributed by atoms with Crippen LogP contribution in [-0.2, 0) is 0 Å². The third-order valence-corrected chi connectivity index (χ3v) is 3.63. The van der Waals surface area contributed by atoms with E-state index >= 15 is 0 Å². The van der Waals surface area contributed by atoms with Gasteiger partial charge in [0.25, 0.3) is 0 Å². The minimum absolute atomic E-state index is 0.0429. The fourth-order valence-electron chi connectivity index (χ4n) is 1.31. The Bertz CT molecular complexity index is 319. The Morgan fingerprint density at radius 3 is 2.47 bits per heavy atom. The van der Waals surface area contributed by atoms with Crippen LogP contribution < -0.4 is 0 Å². The normalized spacial score (nSPS) is 12.5. The highest BCUT2D eigenvalue weighted by Crippen LogP contribution is 2.18. The molecular formula is C12H14Br2O. The molecule has 0 amide bonds. The molecule has 0 radical (unpaired) electrons. The van der Waals surface area contributed by atoms with Crippen molar-refractivity contribution >= 4 is 37.6 Å². The number of ketones is 1. The van der Waals surface area contributed by atoms with Crippen molar-refractivity contribution in [2.24, 2.45) is 0 Å². The van der Waals surface area contributed by atoms with Gasteiger partial charge in [-0.2, -0.15) is 0 Å². The second-order valence-electron chi connectivity index (χ2n) is 3.48. The lowest BCUT2D eigenvalue weighted by atomic mass is 10.1. The van der Waals surface area contributed by atoms with E-state index in [0.717, 1.165) is 29.3 Å². The number of carbonyl (C=O) groups is 1. The number of halogens is 2. The van der Waals surface area contributed by atoms with Crippen LogP contribution in [0, 0.1) is 0 Å². The van der Waals surface area contributed by atoms with Gasteiger partial charge in [-0.1, -0.05) is 63.8 Å². The molecule has 0 bridgehead atoms. The van der Waals surface area contributed by atoms with Crippen molar-refractivity contribution < 1.29 is 4.79 Å². The van der Waals surface area contributed by atoms with E-state index in [9.17, 15) is 4.79 Å². The Kier molecular flexibility index (Phi) is 5.54. The van der Waals surface area contributed by atoms with E-state index in [-0.39, 0.29) is 10.6 Å². The zero-order valence-electron chi connectivity index (χ0n) is 8.67. The first kappa shape index (κ1) is 12.9. The second kappa shape index (κ2) is 6.44. The van der Waals surface area contributed by atoms with E-state index < -0.39 is 0 Å². The lowest BCUT2D eigenvalue weighted by Crippen LogP contribution is -2.13. The lowest BCUT2D eigenvalue weighted by Gasteiger charge is -2.07.